The van der Waals surface area contributed by atoms with Crippen LogP contribution in [0.3, 0.4) is 0 Å². The van der Waals surface area contributed by atoms with Crippen LogP contribution in [0, 0.1) is 0 Å². The molecule has 0 spiro atoms. The molecule has 12 nitrogen and oxygen atoms in total. The molecule has 1 aromatic carbocycles. The Hall–Kier alpha value is -2.76. The lowest BCUT2D eigenvalue weighted by atomic mass is 10.3. The fraction of sp³-hybridized carbons (Fsp3) is 0.421. The molecule has 3 aromatic rings. The second-order valence-electron chi connectivity index (χ2n) is 7.28. The fourth-order valence-electron chi connectivity index (χ4n) is 3.07. The number of aromatic nitrogens is 4. The van der Waals surface area contributed by atoms with E-state index in [0.717, 1.165) is 6.42 Å². The Morgan fingerprint density at radius 2 is 2.09 bits per heavy atom. The van der Waals surface area contributed by atoms with Gasteiger partial charge in [0.15, 0.2) is 24.0 Å². The van der Waals surface area contributed by atoms with Gasteiger partial charge in [-0.15, -0.1) is 0 Å². The largest absolute Gasteiger partial charge is 0.459 e. The van der Waals surface area contributed by atoms with Crippen molar-refractivity contribution in [2.24, 2.45) is 0 Å². The lowest BCUT2D eigenvalue weighted by molar-refractivity contribution is -0.0941. The van der Waals surface area contributed by atoms with Crippen LogP contribution in [-0.4, -0.2) is 45.1 Å². The number of nitrogens with two attached hydrogens (primary N) is 2. The number of imidazole rings is 1. The summed E-state index contributed by atoms with van der Waals surface area (Å²) < 4.78 is 37.9. The van der Waals surface area contributed by atoms with E-state index >= 15 is 0 Å². The minimum Gasteiger partial charge on any atom is -0.413 e. The normalized spacial score (nSPS) is 21.4. The SMILES string of the molecule is CC[C@H](C)NP(=O)(OC[C@@H]1OC[C@H](n2cnc3c(N)nc(N)nc32)O1)Oc1ccccc1. The first kappa shape index (κ1) is 22.4. The first-order valence-corrected chi connectivity index (χ1v) is 11.7. The molecule has 2 aromatic heterocycles. The quantitative estimate of drug-likeness (QED) is 0.400. The van der Waals surface area contributed by atoms with Gasteiger partial charge < -0.3 is 25.5 Å². The van der Waals surface area contributed by atoms with Gasteiger partial charge in [0.2, 0.25) is 5.95 Å². The van der Waals surface area contributed by atoms with Crippen LogP contribution in [0.25, 0.3) is 11.2 Å². The number of fused-ring (bicyclic) bond motifs is 1. The van der Waals surface area contributed by atoms with Crippen molar-refractivity contribution in [3.8, 4) is 5.75 Å². The monoisotopic (exact) mass is 463 g/mol. The number of nitrogens with zero attached hydrogens (tertiary/aromatic N) is 4. The average molecular weight is 463 g/mol. The number of ether oxygens (including phenoxy) is 2. The van der Waals surface area contributed by atoms with E-state index in [2.05, 4.69) is 20.0 Å². The van der Waals surface area contributed by atoms with Crippen LogP contribution < -0.4 is 21.1 Å². The summed E-state index contributed by atoms with van der Waals surface area (Å²) in [6, 6.07) is 8.74. The third-order valence-corrected chi connectivity index (χ3v) is 6.55. The summed E-state index contributed by atoms with van der Waals surface area (Å²) in [4.78, 5) is 12.3. The molecule has 3 heterocycles. The smallest absolute Gasteiger partial charge is 0.413 e. The number of benzene rings is 1. The Morgan fingerprint density at radius 3 is 2.84 bits per heavy atom. The molecule has 0 saturated carbocycles. The zero-order valence-electron chi connectivity index (χ0n) is 17.7. The minimum atomic E-state index is -3.68. The van der Waals surface area contributed by atoms with Crippen LogP contribution in [0.2, 0.25) is 0 Å². The van der Waals surface area contributed by atoms with Gasteiger partial charge in [0, 0.05) is 6.04 Å². The van der Waals surface area contributed by atoms with Crippen molar-refractivity contribution in [2.75, 3.05) is 24.7 Å². The molecule has 0 radical (unpaired) electrons. The van der Waals surface area contributed by atoms with Crippen molar-refractivity contribution >= 4 is 30.7 Å². The predicted molar refractivity (Wildman–Crippen MR) is 118 cm³/mol. The number of nitrogens with one attached hydrogen (secondary N) is 1. The van der Waals surface area contributed by atoms with Gasteiger partial charge in [-0.05, 0) is 25.5 Å². The number of hydrogen-bond acceptors (Lipinski definition) is 10. The number of nitrogen functional groups attached to an aromatic ring is 2. The molecular formula is C19H26N7O5P. The highest BCUT2D eigenvalue weighted by atomic mass is 31.2. The van der Waals surface area contributed by atoms with Crippen LogP contribution in [-0.2, 0) is 18.6 Å². The zero-order valence-corrected chi connectivity index (χ0v) is 18.6. The fourth-order valence-corrected chi connectivity index (χ4v) is 4.69. The summed E-state index contributed by atoms with van der Waals surface area (Å²) in [5.41, 5.74) is 12.4. The van der Waals surface area contributed by atoms with Crippen LogP contribution in [0.5, 0.6) is 5.75 Å². The average Bonchev–Trinajstić information content (AvgIpc) is 3.40. The molecule has 1 saturated heterocycles. The van der Waals surface area contributed by atoms with Gasteiger partial charge in [0.05, 0.1) is 12.9 Å². The van der Waals surface area contributed by atoms with Crippen LogP contribution >= 0.6 is 7.75 Å². The van der Waals surface area contributed by atoms with E-state index in [4.69, 9.17) is 30.0 Å². The standard InChI is InChI=1S/C19H26N7O5P/c1-3-12(2)25-32(27,31-13-7-5-4-6-8-13)29-10-15-28-9-14(30-15)26-11-22-16-17(20)23-19(21)24-18(16)26/h4-8,11-12,14-15H,3,9-10H2,1-2H3,(H,25,27)(H4,20,21,23,24)/t12-,14+,15+,32?/m0/s1. The molecular weight excluding hydrogens is 437 g/mol. The molecule has 1 unspecified atom stereocenters. The summed E-state index contributed by atoms with van der Waals surface area (Å²) in [6.07, 6.45) is 0.950. The van der Waals surface area contributed by atoms with Gasteiger partial charge in [0.1, 0.15) is 17.9 Å². The Bertz CT molecular complexity index is 1110. The highest BCUT2D eigenvalue weighted by Gasteiger charge is 2.34. The summed E-state index contributed by atoms with van der Waals surface area (Å²) in [5, 5.41) is 2.93. The lowest BCUT2D eigenvalue weighted by Crippen LogP contribution is -2.28. The maximum atomic E-state index is 13.3. The van der Waals surface area contributed by atoms with Crippen molar-refractivity contribution in [1.82, 2.24) is 24.6 Å². The maximum Gasteiger partial charge on any atom is 0.459 e. The highest BCUT2D eigenvalue weighted by molar-refractivity contribution is 7.52. The van der Waals surface area contributed by atoms with E-state index in [-0.39, 0.29) is 31.0 Å². The van der Waals surface area contributed by atoms with Crippen molar-refractivity contribution in [3.05, 3.63) is 36.7 Å². The van der Waals surface area contributed by atoms with Gasteiger partial charge in [-0.1, -0.05) is 25.1 Å². The van der Waals surface area contributed by atoms with Crippen molar-refractivity contribution in [2.45, 2.75) is 38.8 Å². The molecule has 0 amide bonds. The second-order valence-corrected chi connectivity index (χ2v) is 8.97. The molecule has 32 heavy (non-hydrogen) atoms. The third-order valence-electron chi connectivity index (χ3n) is 4.85. The van der Waals surface area contributed by atoms with Gasteiger partial charge in [-0.25, -0.2) is 14.6 Å². The van der Waals surface area contributed by atoms with Crippen LogP contribution in [0.1, 0.15) is 26.5 Å². The third kappa shape index (κ3) is 5.00. The molecule has 13 heteroatoms. The molecule has 4 atom stereocenters. The first-order valence-electron chi connectivity index (χ1n) is 10.2. The Morgan fingerprint density at radius 1 is 1.31 bits per heavy atom. The van der Waals surface area contributed by atoms with Crippen molar-refractivity contribution in [1.29, 1.82) is 0 Å². The molecule has 0 bridgehead atoms. The van der Waals surface area contributed by atoms with Gasteiger partial charge in [-0.3, -0.25) is 9.09 Å². The molecule has 1 aliphatic rings. The van der Waals surface area contributed by atoms with Crippen molar-refractivity contribution in [3.63, 3.8) is 0 Å². The lowest BCUT2D eigenvalue weighted by Gasteiger charge is -2.24. The molecule has 1 fully saturated rings. The number of anilines is 2. The summed E-state index contributed by atoms with van der Waals surface area (Å²) >= 11 is 0. The van der Waals surface area contributed by atoms with Gasteiger partial charge in [-0.2, -0.15) is 9.97 Å². The minimum absolute atomic E-state index is 0.0330. The van der Waals surface area contributed by atoms with E-state index < -0.39 is 20.3 Å². The van der Waals surface area contributed by atoms with Crippen LogP contribution in [0.15, 0.2) is 36.7 Å². The van der Waals surface area contributed by atoms with E-state index in [1.165, 1.54) is 6.33 Å². The van der Waals surface area contributed by atoms with Gasteiger partial charge in [0.25, 0.3) is 0 Å². The number of para-hydroxylation sites is 1. The van der Waals surface area contributed by atoms with E-state index in [0.29, 0.717) is 16.9 Å². The Balaban J connectivity index is 1.43. The molecule has 5 N–H and O–H groups in total. The summed E-state index contributed by atoms with van der Waals surface area (Å²) in [5.74, 6) is 0.642. The summed E-state index contributed by atoms with van der Waals surface area (Å²) in [6.45, 7) is 3.95. The van der Waals surface area contributed by atoms with Crippen LogP contribution in [0.4, 0.5) is 11.8 Å². The zero-order chi connectivity index (χ0) is 22.7. The Labute approximate surface area is 184 Å². The molecule has 0 aliphatic carbocycles. The van der Waals surface area contributed by atoms with Gasteiger partial charge >= 0.3 is 7.75 Å². The predicted octanol–water partition coefficient (Wildman–Crippen LogP) is 2.45. The molecule has 4 rings (SSSR count). The first-order chi connectivity index (χ1) is 15.4. The Kier molecular flexibility index (Phi) is 6.58. The molecule has 1 aliphatic heterocycles. The topological polar surface area (TPSA) is 162 Å². The van der Waals surface area contributed by atoms with E-state index in [1.54, 1.807) is 28.8 Å². The number of rotatable bonds is 9. The summed E-state index contributed by atoms with van der Waals surface area (Å²) in [7, 11) is -3.68. The van der Waals surface area contributed by atoms with Crippen molar-refractivity contribution < 1.29 is 23.1 Å². The maximum absolute atomic E-state index is 13.3. The number of hydrogen-bond donors (Lipinski definition) is 3. The van der Waals surface area contributed by atoms with E-state index in [9.17, 15) is 4.57 Å². The molecule has 172 valence electrons. The highest BCUT2D eigenvalue weighted by Crippen LogP contribution is 2.45. The van der Waals surface area contributed by atoms with E-state index in [1.807, 2.05) is 19.9 Å². The second kappa shape index (κ2) is 9.39.